The molecule has 6 nitrogen and oxygen atoms in total. The molecule has 4 rings (SSSR count). The number of fused-ring (bicyclic) bond motifs is 2. The van der Waals surface area contributed by atoms with E-state index in [4.69, 9.17) is 14.7 Å². The second-order valence-electron chi connectivity index (χ2n) is 9.71. The van der Waals surface area contributed by atoms with Crippen LogP contribution in [0.3, 0.4) is 0 Å². The highest BCUT2D eigenvalue weighted by Gasteiger charge is 2.17. The van der Waals surface area contributed by atoms with E-state index in [9.17, 15) is 4.79 Å². The first-order valence-electron chi connectivity index (χ1n) is 13.5. The summed E-state index contributed by atoms with van der Waals surface area (Å²) in [4.78, 5) is 11.2. The zero-order valence-corrected chi connectivity index (χ0v) is 22.4. The molecule has 36 heavy (non-hydrogen) atoms. The molecule has 0 bridgehead atoms. The van der Waals surface area contributed by atoms with E-state index < -0.39 is 0 Å². The summed E-state index contributed by atoms with van der Waals surface area (Å²) in [7, 11) is 0. The van der Waals surface area contributed by atoms with Gasteiger partial charge in [0.2, 0.25) is 5.91 Å². The Kier molecular flexibility index (Phi) is 10.6. The second kappa shape index (κ2) is 13.9. The van der Waals surface area contributed by atoms with E-state index in [0.29, 0.717) is 18.9 Å². The van der Waals surface area contributed by atoms with Gasteiger partial charge >= 0.3 is 0 Å². The monoisotopic (exact) mass is 494 g/mol. The van der Waals surface area contributed by atoms with E-state index in [1.165, 1.54) is 54.9 Å². The quantitative estimate of drug-likeness (QED) is 0.238. The van der Waals surface area contributed by atoms with Crippen LogP contribution in [-0.2, 0) is 30.5 Å². The van der Waals surface area contributed by atoms with Crippen LogP contribution in [0.25, 0.3) is 0 Å². The van der Waals surface area contributed by atoms with Gasteiger partial charge in [-0.1, -0.05) is 19.0 Å². The van der Waals surface area contributed by atoms with Crippen LogP contribution in [0.5, 0.6) is 11.5 Å². The SMILES string of the molecule is CCCOc1cc2c(cc1C(C)=NO)CCCC2.CCCOc1cc2c(cc1NC(C)=O)CCCC2. The largest absolute Gasteiger partial charge is 0.493 e. The summed E-state index contributed by atoms with van der Waals surface area (Å²) in [5.41, 5.74) is 7.86. The van der Waals surface area contributed by atoms with E-state index in [1.54, 1.807) is 0 Å². The maximum Gasteiger partial charge on any atom is 0.221 e. The molecule has 2 aromatic rings. The lowest BCUT2D eigenvalue weighted by atomic mass is 9.89. The molecule has 0 aromatic heterocycles. The van der Waals surface area contributed by atoms with Crippen molar-refractivity contribution in [2.24, 2.45) is 5.16 Å². The summed E-state index contributed by atoms with van der Waals surface area (Å²) in [5.74, 6) is 1.62. The summed E-state index contributed by atoms with van der Waals surface area (Å²) in [6.45, 7) is 8.89. The molecule has 0 unspecified atom stereocenters. The smallest absolute Gasteiger partial charge is 0.221 e. The predicted octanol–water partition coefficient (Wildman–Crippen LogP) is 6.87. The molecule has 2 aliphatic carbocycles. The van der Waals surface area contributed by atoms with Crippen molar-refractivity contribution >= 4 is 17.3 Å². The number of ether oxygens (including phenoxy) is 2. The summed E-state index contributed by atoms with van der Waals surface area (Å²) < 4.78 is 11.5. The van der Waals surface area contributed by atoms with Crippen LogP contribution in [0.15, 0.2) is 29.4 Å². The number of benzene rings is 2. The van der Waals surface area contributed by atoms with Crippen LogP contribution in [-0.4, -0.2) is 30.0 Å². The maximum absolute atomic E-state index is 11.2. The molecule has 0 spiro atoms. The average molecular weight is 495 g/mol. The third kappa shape index (κ3) is 7.49. The van der Waals surface area contributed by atoms with Gasteiger partial charge in [0, 0.05) is 12.5 Å². The maximum atomic E-state index is 11.2. The van der Waals surface area contributed by atoms with Crippen molar-refractivity contribution in [2.45, 2.75) is 91.9 Å². The van der Waals surface area contributed by atoms with Crippen molar-refractivity contribution in [1.29, 1.82) is 0 Å². The van der Waals surface area contributed by atoms with Crippen molar-refractivity contribution in [3.05, 3.63) is 52.1 Å². The fourth-order valence-corrected chi connectivity index (χ4v) is 4.81. The molecule has 196 valence electrons. The minimum absolute atomic E-state index is 0.0490. The Morgan fingerprint density at radius 3 is 1.78 bits per heavy atom. The number of oxime groups is 1. The van der Waals surface area contributed by atoms with Crippen molar-refractivity contribution in [2.75, 3.05) is 18.5 Å². The Morgan fingerprint density at radius 1 is 0.806 bits per heavy atom. The molecule has 0 aliphatic heterocycles. The minimum Gasteiger partial charge on any atom is -0.493 e. The Bertz CT molecular complexity index is 1060. The number of carbonyl (C=O) groups is 1. The number of hydrogen-bond acceptors (Lipinski definition) is 5. The van der Waals surface area contributed by atoms with Crippen LogP contribution in [0.1, 0.15) is 94.0 Å². The van der Waals surface area contributed by atoms with E-state index >= 15 is 0 Å². The number of nitrogens with one attached hydrogen (secondary N) is 1. The summed E-state index contributed by atoms with van der Waals surface area (Å²) >= 11 is 0. The van der Waals surface area contributed by atoms with Gasteiger partial charge in [0.1, 0.15) is 11.5 Å². The number of anilines is 1. The molecule has 0 saturated carbocycles. The number of hydrogen-bond donors (Lipinski definition) is 2. The molecular formula is C30H42N2O4. The van der Waals surface area contributed by atoms with E-state index in [0.717, 1.165) is 61.3 Å². The molecule has 2 N–H and O–H groups in total. The molecule has 6 heteroatoms. The minimum atomic E-state index is -0.0490. The van der Waals surface area contributed by atoms with Crippen molar-refractivity contribution in [3.63, 3.8) is 0 Å². The molecule has 0 saturated heterocycles. The normalized spacial score (nSPS) is 14.6. The zero-order valence-electron chi connectivity index (χ0n) is 22.4. The van der Waals surface area contributed by atoms with E-state index in [-0.39, 0.29) is 5.91 Å². The molecule has 1 amide bonds. The van der Waals surface area contributed by atoms with Gasteiger partial charge in [0.05, 0.1) is 24.6 Å². The Labute approximate surface area is 216 Å². The highest BCUT2D eigenvalue weighted by atomic mass is 16.5. The molecule has 0 fully saturated rings. The lowest BCUT2D eigenvalue weighted by Crippen LogP contribution is -2.11. The van der Waals surface area contributed by atoms with Crippen molar-refractivity contribution < 1.29 is 19.5 Å². The molecule has 0 atom stereocenters. The standard InChI is InChI=1S/2C15H21NO2/c1-3-8-18-15-10-13-7-5-4-6-12(13)9-14(15)16-11(2)17;1-3-8-18-15-10-13-7-5-4-6-12(13)9-14(15)11(2)16-17/h9-10H,3-8H2,1-2H3,(H,16,17);9-10,17H,3-8H2,1-2H3. The third-order valence-corrected chi connectivity index (χ3v) is 6.66. The van der Waals surface area contributed by atoms with E-state index in [1.807, 2.05) is 6.92 Å². The molecule has 2 aliphatic rings. The summed E-state index contributed by atoms with van der Waals surface area (Å²) in [6, 6.07) is 8.46. The highest BCUT2D eigenvalue weighted by molar-refractivity contribution is 6.01. The number of aryl methyl sites for hydroxylation is 4. The van der Waals surface area contributed by atoms with Gasteiger partial charge in [-0.25, -0.2) is 0 Å². The molecule has 0 radical (unpaired) electrons. The van der Waals surface area contributed by atoms with E-state index in [2.05, 4.69) is 48.6 Å². The van der Waals surface area contributed by atoms with Gasteiger partial charge in [-0.2, -0.15) is 0 Å². The summed E-state index contributed by atoms with van der Waals surface area (Å²) in [6.07, 6.45) is 11.4. The first-order valence-corrected chi connectivity index (χ1v) is 13.5. The fourth-order valence-electron chi connectivity index (χ4n) is 4.81. The third-order valence-electron chi connectivity index (χ3n) is 6.66. The molecule has 0 heterocycles. The van der Waals surface area contributed by atoms with Crippen LogP contribution in [0, 0.1) is 0 Å². The Morgan fingerprint density at radius 2 is 1.28 bits per heavy atom. The lowest BCUT2D eigenvalue weighted by Gasteiger charge is -2.20. The molecule has 2 aromatic carbocycles. The van der Waals surface area contributed by atoms with Crippen molar-refractivity contribution in [3.8, 4) is 11.5 Å². The number of amides is 1. The number of carbonyl (C=O) groups excluding carboxylic acids is 1. The van der Waals surface area contributed by atoms with Gasteiger partial charge in [0.15, 0.2) is 0 Å². The molecular weight excluding hydrogens is 452 g/mol. The number of nitrogens with zero attached hydrogens (tertiary/aromatic N) is 1. The topological polar surface area (TPSA) is 80.2 Å². The second-order valence-corrected chi connectivity index (χ2v) is 9.71. The van der Waals surface area contributed by atoms with Gasteiger partial charge < -0.3 is 20.0 Å². The lowest BCUT2D eigenvalue weighted by molar-refractivity contribution is -0.114. The van der Waals surface area contributed by atoms with Crippen LogP contribution < -0.4 is 14.8 Å². The first-order chi connectivity index (χ1) is 17.5. The Balaban J connectivity index is 0.000000201. The van der Waals surface area contributed by atoms with Gasteiger partial charge in [0.25, 0.3) is 0 Å². The summed E-state index contributed by atoms with van der Waals surface area (Å²) in [5, 5.41) is 15.2. The predicted molar refractivity (Wildman–Crippen MR) is 146 cm³/mol. The average Bonchev–Trinajstić information content (AvgIpc) is 2.89. The van der Waals surface area contributed by atoms with Gasteiger partial charge in [-0.15, -0.1) is 0 Å². The van der Waals surface area contributed by atoms with Crippen LogP contribution >= 0.6 is 0 Å². The fraction of sp³-hybridized carbons (Fsp3) is 0.533. The van der Waals surface area contributed by atoms with Crippen LogP contribution in [0.4, 0.5) is 5.69 Å². The van der Waals surface area contributed by atoms with Crippen LogP contribution in [0.2, 0.25) is 0 Å². The highest BCUT2D eigenvalue weighted by Crippen LogP contribution is 2.33. The number of rotatable bonds is 8. The van der Waals surface area contributed by atoms with Crippen molar-refractivity contribution in [1.82, 2.24) is 0 Å². The van der Waals surface area contributed by atoms with Gasteiger partial charge in [-0.3, -0.25) is 4.79 Å². The van der Waals surface area contributed by atoms with Gasteiger partial charge in [-0.05, 0) is 118 Å². The Hall–Kier alpha value is -3.02. The zero-order chi connectivity index (χ0) is 25.9. The first kappa shape index (κ1) is 27.6.